The van der Waals surface area contributed by atoms with E-state index in [1.54, 1.807) is 0 Å². The maximum atomic E-state index is 12.5. The van der Waals surface area contributed by atoms with Crippen LogP contribution < -0.4 is 0 Å². The third-order valence-electron chi connectivity index (χ3n) is 5.16. The van der Waals surface area contributed by atoms with Gasteiger partial charge in [-0.25, -0.2) is 0 Å². The molecule has 0 unspecified atom stereocenters. The molecule has 1 nitrogen and oxygen atoms in total. The lowest BCUT2D eigenvalue weighted by atomic mass is 9.79. The van der Waals surface area contributed by atoms with Crippen molar-refractivity contribution in [3.05, 3.63) is 94.5 Å². The van der Waals surface area contributed by atoms with E-state index in [0.29, 0.717) is 12.2 Å². The van der Waals surface area contributed by atoms with Crippen molar-refractivity contribution < 1.29 is 4.79 Å². The van der Waals surface area contributed by atoms with E-state index in [-0.39, 0.29) is 0 Å². The van der Waals surface area contributed by atoms with E-state index >= 15 is 0 Å². The summed E-state index contributed by atoms with van der Waals surface area (Å²) in [6.45, 7) is 2.14. The molecule has 0 aliphatic heterocycles. The highest BCUT2D eigenvalue weighted by molar-refractivity contribution is 6.00. The highest BCUT2D eigenvalue weighted by atomic mass is 16.1. The van der Waals surface area contributed by atoms with Crippen molar-refractivity contribution in [3.8, 4) is 11.1 Å². The smallest absolute Gasteiger partial charge is 0.163 e. The molecule has 1 aliphatic carbocycles. The summed E-state index contributed by atoms with van der Waals surface area (Å²) in [6.07, 6.45) is 3.53. The topological polar surface area (TPSA) is 17.1 Å². The molecule has 25 heavy (non-hydrogen) atoms. The monoisotopic (exact) mass is 326 g/mol. The Morgan fingerprint density at radius 3 is 2.28 bits per heavy atom. The lowest BCUT2D eigenvalue weighted by Gasteiger charge is -2.24. The van der Waals surface area contributed by atoms with Crippen LogP contribution in [0.2, 0.25) is 0 Å². The van der Waals surface area contributed by atoms with E-state index in [4.69, 9.17) is 0 Å². The second-order valence-corrected chi connectivity index (χ2v) is 6.88. The molecular weight excluding hydrogens is 304 g/mol. The van der Waals surface area contributed by atoms with Gasteiger partial charge < -0.3 is 0 Å². The van der Waals surface area contributed by atoms with Gasteiger partial charge in [-0.1, -0.05) is 60.7 Å². The average molecular weight is 326 g/mol. The SMILES string of the molecule is Cc1cc2c(c(Cc3ccccc3)c1-c1ccccc1)CCCC2=O. The third-order valence-corrected chi connectivity index (χ3v) is 5.16. The highest BCUT2D eigenvalue weighted by Gasteiger charge is 2.24. The second kappa shape index (κ2) is 6.68. The maximum Gasteiger partial charge on any atom is 0.163 e. The molecule has 0 aromatic heterocycles. The van der Waals surface area contributed by atoms with Crippen molar-refractivity contribution >= 4 is 5.78 Å². The van der Waals surface area contributed by atoms with Crippen LogP contribution >= 0.6 is 0 Å². The number of ketones is 1. The number of hydrogen-bond acceptors (Lipinski definition) is 1. The van der Waals surface area contributed by atoms with Crippen LogP contribution in [0.25, 0.3) is 11.1 Å². The first-order valence-corrected chi connectivity index (χ1v) is 9.02. The second-order valence-electron chi connectivity index (χ2n) is 6.88. The molecule has 0 N–H and O–H groups in total. The summed E-state index contributed by atoms with van der Waals surface area (Å²) in [7, 11) is 0. The summed E-state index contributed by atoms with van der Waals surface area (Å²) in [6, 6.07) is 23.3. The first-order valence-electron chi connectivity index (χ1n) is 9.02. The normalized spacial score (nSPS) is 13.6. The standard InChI is InChI=1S/C24H22O/c1-17-15-21-20(13-8-14-23(21)25)22(16-18-9-4-2-5-10-18)24(17)19-11-6-3-7-12-19/h2-7,9-12,15H,8,13-14,16H2,1H3. The number of rotatable bonds is 3. The van der Waals surface area contributed by atoms with E-state index in [9.17, 15) is 4.79 Å². The molecular formula is C24H22O. The van der Waals surface area contributed by atoms with Gasteiger partial charge >= 0.3 is 0 Å². The number of carbonyl (C=O) groups is 1. The maximum absolute atomic E-state index is 12.5. The minimum absolute atomic E-state index is 0.304. The number of benzene rings is 3. The number of carbonyl (C=O) groups excluding carboxylic acids is 1. The van der Waals surface area contributed by atoms with Crippen molar-refractivity contribution in [2.75, 3.05) is 0 Å². The Kier molecular flexibility index (Phi) is 4.23. The van der Waals surface area contributed by atoms with Gasteiger partial charge in [0.25, 0.3) is 0 Å². The Labute approximate surface area is 149 Å². The van der Waals surface area contributed by atoms with Gasteiger partial charge in [-0.15, -0.1) is 0 Å². The number of aryl methyl sites for hydroxylation is 1. The van der Waals surface area contributed by atoms with E-state index in [1.165, 1.54) is 33.4 Å². The summed E-state index contributed by atoms with van der Waals surface area (Å²) < 4.78 is 0. The zero-order chi connectivity index (χ0) is 17.2. The fraction of sp³-hybridized carbons (Fsp3) is 0.208. The summed E-state index contributed by atoms with van der Waals surface area (Å²) in [5, 5.41) is 0. The van der Waals surface area contributed by atoms with Crippen LogP contribution in [0.4, 0.5) is 0 Å². The van der Waals surface area contributed by atoms with Crippen LogP contribution in [-0.4, -0.2) is 5.78 Å². The summed E-state index contributed by atoms with van der Waals surface area (Å²) in [5.41, 5.74) is 8.60. The van der Waals surface area contributed by atoms with Crippen molar-refractivity contribution in [2.45, 2.75) is 32.6 Å². The Balaban J connectivity index is 1.95. The lowest BCUT2D eigenvalue weighted by Crippen LogP contribution is -2.15. The molecule has 1 heteroatoms. The molecule has 0 radical (unpaired) electrons. The predicted octanol–water partition coefficient (Wildman–Crippen LogP) is 5.77. The van der Waals surface area contributed by atoms with Gasteiger partial charge in [0.15, 0.2) is 5.78 Å². The first-order chi connectivity index (χ1) is 12.2. The molecule has 0 amide bonds. The fourth-order valence-electron chi connectivity index (χ4n) is 4.02. The van der Waals surface area contributed by atoms with Crippen molar-refractivity contribution in [1.29, 1.82) is 0 Å². The summed E-state index contributed by atoms with van der Waals surface area (Å²) in [4.78, 5) is 12.5. The minimum Gasteiger partial charge on any atom is -0.294 e. The quantitative estimate of drug-likeness (QED) is 0.597. The molecule has 0 fully saturated rings. The highest BCUT2D eigenvalue weighted by Crippen LogP contribution is 2.36. The molecule has 0 bridgehead atoms. The molecule has 1 aliphatic rings. The van der Waals surface area contributed by atoms with Crippen molar-refractivity contribution in [1.82, 2.24) is 0 Å². The molecule has 0 saturated carbocycles. The number of fused-ring (bicyclic) bond motifs is 1. The number of Topliss-reactive ketones (excluding diaryl/α,β-unsaturated/α-hetero) is 1. The minimum atomic E-state index is 0.304. The lowest BCUT2D eigenvalue weighted by molar-refractivity contribution is 0.0972. The summed E-state index contributed by atoms with van der Waals surface area (Å²) in [5.74, 6) is 0.304. The zero-order valence-corrected chi connectivity index (χ0v) is 14.6. The van der Waals surface area contributed by atoms with Gasteiger partial charge in [-0.2, -0.15) is 0 Å². The van der Waals surface area contributed by atoms with Gasteiger partial charge in [0.05, 0.1) is 0 Å². The molecule has 0 saturated heterocycles. The third kappa shape index (κ3) is 3.02. The molecule has 0 atom stereocenters. The Morgan fingerprint density at radius 1 is 0.880 bits per heavy atom. The summed E-state index contributed by atoms with van der Waals surface area (Å²) >= 11 is 0. The van der Waals surface area contributed by atoms with Crippen LogP contribution in [0, 0.1) is 6.92 Å². The van der Waals surface area contributed by atoms with Gasteiger partial charge in [0, 0.05) is 12.0 Å². The molecule has 4 rings (SSSR count). The van der Waals surface area contributed by atoms with Gasteiger partial charge in [-0.3, -0.25) is 4.79 Å². The van der Waals surface area contributed by atoms with E-state index in [1.807, 2.05) is 0 Å². The Bertz CT molecular complexity index is 908. The predicted molar refractivity (Wildman–Crippen MR) is 103 cm³/mol. The van der Waals surface area contributed by atoms with Crippen LogP contribution in [0.15, 0.2) is 66.7 Å². The number of hydrogen-bond donors (Lipinski definition) is 0. The fourth-order valence-corrected chi connectivity index (χ4v) is 4.02. The van der Waals surface area contributed by atoms with E-state index in [0.717, 1.165) is 24.8 Å². The molecule has 3 aromatic carbocycles. The van der Waals surface area contributed by atoms with Crippen LogP contribution in [0.3, 0.4) is 0 Å². The Hall–Kier alpha value is -2.67. The van der Waals surface area contributed by atoms with Crippen LogP contribution in [0.1, 0.15) is 45.5 Å². The molecule has 3 aromatic rings. The van der Waals surface area contributed by atoms with Gasteiger partial charge in [-0.05, 0) is 65.6 Å². The first kappa shape index (κ1) is 15.8. The van der Waals surface area contributed by atoms with Crippen LogP contribution in [-0.2, 0) is 12.8 Å². The average Bonchev–Trinajstić information content (AvgIpc) is 2.64. The largest absolute Gasteiger partial charge is 0.294 e. The van der Waals surface area contributed by atoms with Gasteiger partial charge in [0.2, 0.25) is 0 Å². The van der Waals surface area contributed by atoms with Crippen LogP contribution in [0.5, 0.6) is 0 Å². The van der Waals surface area contributed by atoms with E-state index < -0.39 is 0 Å². The van der Waals surface area contributed by atoms with Gasteiger partial charge in [0.1, 0.15) is 0 Å². The molecule has 0 spiro atoms. The van der Waals surface area contributed by atoms with Crippen molar-refractivity contribution in [3.63, 3.8) is 0 Å². The Morgan fingerprint density at radius 2 is 1.56 bits per heavy atom. The molecule has 0 heterocycles. The van der Waals surface area contributed by atoms with Crippen molar-refractivity contribution in [2.24, 2.45) is 0 Å². The van der Waals surface area contributed by atoms with E-state index in [2.05, 4.69) is 73.7 Å². The molecule has 124 valence electrons. The zero-order valence-electron chi connectivity index (χ0n) is 14.6.